The van der Waals surface area contributed by atoms with Crippen molar-refractivity contribution in [3.63, 3.8) is 0 Å². The first-order chi connectivity index (χ1) is 10.6. The SMILES string of the molecule is Cc1csc(N2CCN(C(=O)Nc3cccc(Cl)c3)CC2)n1. The Labute approximate surface area is 138 Å². The minimum atomic E-state index is -0.0859. The predicted molar refractivity (Wildman–Crippen MR) is 91.1 cm³/mol. The second kappa shape index (κ2) is 6.54. The molecule has 0 unspecified atom stereocenters. The summed E-state index contributed by atoms with van der Waals surface area (Å²) in [6.07, 6.45) is 0. The van der Waals surface area contributed by atoms with E-state index in [0.717, 1.165) is 29.6 Å². The number of hydrogen-bond donors (Lipinski definition) is 1. The maximum atomic E-state index is 12.3. The zero-order valence-corrected chi connectivity index (χ0v) is 13.8. The van der Waals surface area contributed by atoms with Crippen molar-refractivity contribution in [1.82, 2.24) is 9.88 Å². The highest BCUT2D eigenvalue weighted by molar-refractivity contribution is 7.13. The fraction of sp³-hybridized carbons (Fsp3) is 0.333. The first kappa shape index (κ1) is 15.1. The molecule has 2 aromatic rings. The van der Waals surface area contributed by atoms with Crippen LogP contribution in [0.25, 0.3) is 0 Å². The number of carbonyl (C=O) groups is 1. The van der Waals surface area contributed by atoms with Gasteiger partial charge in [0.15, 0.2) is 5.13 Å². The Morgan fingerprint density at radius 1 is 1.32 bits per heavy atom. The van der Waals surface area contributed by atoms with Crippen LogP contribution in [0.15, 0.2) is 29.6 Å². The van der Waals surface area contributed by atoms with Crippen LogP contribution in [0.3, 0.4) is 0 Å². The van der Waals surface area contributed by atoms with Crippen molar-refractivity contribution >= 4 is 39.8 Å². The number of urea groups is 1. The van der Waals surface area contributed by atoms with Crippen LogP contribution in [0.4, 0.5) is 15.6 Å². The summed E-state index contributed by atoms with van der Waals surface area (Å²) in [6.45, 7) is 4.97. The van der Waals surface area contributed by atoms with Crippen molar-refractivity contribution in [2.24, 2.45) is 0 Å². The monoisotopic (exact) mass is 336 g/mol. The third kappa shape index (κ3) is 3.51. The van der Waals surface area contributed by atoms with Crippen LogP contribution in [0.1, 0.15) is 5.69 Å². The van der Waals surface area contributed by atoms with Crippen molar-refractivity contribution in [3.8, 4) is 0 Å². The van der Waals surface area contributed by atoms with Gasteiger partial charge in [-0.05, 0) is 25.1 Å². The van der Waals surface area contributed by atoms with Crippen LogP contribution in [0.5, 0.6) is 0 Å². The molecule has 0 spiro atoms. The molecule has 0 atom stereocenters. The van der Waals surface area contributed by atoms with Crippen molar-refractivity contribution in [2.45, 2.75) is 6.92 Å². The Balaban J connectivity index is 1.55. The Morgan fingerprint density at radius 3 is 2.73 bits per heavy atom. The van der Waals surface area contributed by atoms with Gasteiger partial charge in [-0.1, -0.05) is 17.7 Å². The number of nitrogens with one attached hydrogen (secondary N) is 1. The van der Waals surface area contributed by atoms with Crippen LogP contribution >= 0.6 is 22.9 Å². The van der Waals surface area contributed by atoms with E-state index in [-0.39, 0.29) is 6.03 Å². The Bertz CT molecular complexity index is 667. The van der Waals surface area contributed by atoms with Crippen molar-refractivity contribution < 1.29 is 4.79 Å². The second-order valence-electron chi connectivity index (χ2n) is 5.19. The van der Waals surface area contributed by atoms with Crippen molar-refractivity contribution in [3.05, 3.63) is 40.4 Å². The van der Waals surface area contributed by atoms with Gasteiger partial charge in [-0.2, -0.15) is 0 Å². The topological polar surface area (TPSA) is 48.5 Å². The Hall–Kier alpha value is -1.79. The van der Waals surface area contributed by atoms with Gasteiger partial charge in [0.05, 0.1) is 5.69 Å². The highest BCUT2D eigenvalue weighted by Crippen LogP contribution is 2.22. The lowest BCUT2D eigenvalue weighted by Crippen LogP contribution is -2.50. The van der Waals surface area contributed by atoms with Gasteiger partial charge in [0.2, 0.25) is 0 Å². The van der Waals surface area contributed by atoms with Gasteiger partial charge in [-0.25, -0.2) is 9.78 Å². The Kier molecular flexibility index (Phi) is 4.49. The molecule has 1 aliphatic heterocycles. The normalized spacial score (nSPS) is 15.0. The molecule has 7 heteroatoms. The number of benzene rings is 1. The van der Waals surface area contributed by atoms with Crippen molar-refractivity contribution in [2.75, 3.05) is 36.4 Å². The number of piperazine rings is 1. The molecule has 1 fully saturated rings. The lowest BCUT2D eigenvalue weighted by Gasteiger charge is -2.34. The molecule has 3 rings (SSSR count). The maximum absolute atomic E-state index is 12.3. The summed E-state index contributed by atoms with van der Waals surface area (Å²) in [5.41, 5.74) is 1.76. The summed E-state index contributed by atoms with van der Waals surface area (Å²) in [6, 6.07) is 7.09. The zero-order chi connectivity index (χ0) is 15.5. The van der Waals surface area contributed by atoms with E-state index in [2.05, 4.69) is 15.2 Å². The molecular weight excluding hydrogens is 320 g/mol. The smallest absolute Gasteiger partial charge is 0.321 e. The van der Waals surface area contributed by atoms with Gasteiger partial charge in [-0.3, -0.25) is 0 Å². The number of thiazole rings is 1. The van der Waals surface area contributed by atoms with E-state index in [4.69, 9.17) is 11.6 Å². The number of rotatable bonds is 2. The molecule has 0 saturated carbocycles. The van der Waals surface area contributed by atoms with Crippen LogP contribution in [0, 0.1) is 6.92 Å². The van der Waals surface area contributed by atoms with Crippen molar-refractivity contribution in [1.29, 1.82) is 0 Å². The van der Waals surface area contributed by atoms with Gasteiger partial charge >= 0.3 is 6.03 Å². The highest BCUT2D eigenvalue weighted by Gasteiger charge is 2.22. The number of anilines is 2. The van der Waals surface area contributed by atoms with Gasteiger partial charge in [0.1, 0.15) is 0 Å². The first-order valence-corrected chi connectivity index (χ1v) is 8.36. The molecule has 0 bridgehead atoms. The summed E-state index contributed by atoms with van der Waals surface area (Å²) in [4.78, 5) is 20.8. The molecular formula is C15H17ClN4OS. The molecule has 1 aromatic heterocycles. The van der Waals surface area contributed by atoms with E-state index < -0.39 is 0 Å². The quantitative estimate of drug-likeness (QED) is 0.913. The number of carbonyl (C=O) groups excluding carboxylic acids is 1. The largest absolute Gasteiger partial charge is 0.345 e. The van der Waals surface area contributed by atoms with Gasteiger partial charge in [0, 0.05) is 42.3 Å². The molecule has 0 radical (unpaired) electrons. The number of halogens is 1. The minimum Gasteiger partial charge on any atom is -0.345 e. The number of amides is 2. The number of hydrogen-bond acceptors (Lipinski definition) is 4. The molecule has 116 valence electrons. The summed E-state index contributed by atoms with van der Waals surface area (Å²) in [5, 5.41) is 6.58. The molecule has 22 heavy (non-hydrogen) atoms. The number of nitrogens with zero attached hydrogens (tertiary/aromatic N) is 3. The van der Waals surface area contributed by atoms with E-state index >= 15 is 0 Å². The predicted octanol–water partition coefficient (Wildman–Crippen LogP) is 3.46. The fourth-order valence-electron chi connectivity index (χ4n) is 2.36. The second-order valence-corrected chi connectivity index (χ2v) is 6.46. The summed E-state index contributed by atoms with van der Waals surface area (Å²) >= 11 is 7.58. The third-order valence-corrected chi connectivity index (χ3v) is 4.77. The van der Waals surface area contributed by atoms with Gasteiger partial charge in [-0.15, -0.1) is 11.3 Å². The van der Waals surface area contributed by atoms with E-state index in [1.807, 2.05) is 29.3 Å². The van der Waals surface area contributed by atoms with Gasteiger partial charge in [0.25, 0.3) is 0 Å². The summed E-state index contributed by atoms with van der Waals surface area (Å²) in [5.74, 6) is 0. The van der Waals surface area contributed by atoms with Crippen LogP contribution in [-0.4, -0.2) is 42.1 Å². The minimum absolute atomic E-state index is 0.0859. The molecule has 2 amide bonds. The molecule has 1 aliphatic rings. The third-order valence-electron chi connectivity index (χ3n) is 3.52. The molecule has 1 N–H and O–H groups in total. The lowest BCUT2D eigenvalue weighted by atomic mass is 10.3. The molecule has 1 saturated heterocycles. The zero-order valence-electron chi connectivity index (χ0n) is 12.3. The van der Waals surface area contributed by atoms with E-state index in [0.29, 0.717) is 18.1 Å². The molecule has 1 aromatic carbocycles. The lowest BCUT2D eigenvalue weighted by molar-refractivity contribution is 0.208. The van der Waals surface area contributed by atoms with Crippen LogP contribution in [-0.2, 0) is 0 Å². The summed E-state index contributed by atoms with van der Waals surface area (Å²) < 4.78 is 0. The molecule has 2 heterocycles. The van der Waals surface area contributed by atoms with Gasteiger partial charge < -0.3 is 15.1 Å². The molecule has 0 aliphatic carbocycles. The number of aromatic nitrogens is 1. The number of aryl methyl sites for hydroxylation is 1. The van der Waals surface area contributed by atoms with Crippen LogP contribution in [0.2, 0.25) is 5.02 Å². The molecule has 5 nitrogen and oxygen atoms in total. The highest BCUT2D eigenvalue weighted by atomic mass is 35.5. The summed E-state index contributed by atoms with van der Waals surface area (Å²) in [7, 11) is 0. The standard InChI is InChI=1S/C15H17ClN4OS/c1-11-10-22-15(17-11)20-7-5-19(6-8-20)14(21)18-13-4-2-3-12(16)9-13/h2-4,9-10H,5-8H2,1H3,(H,18,21). The van der Waals surface area contributed by atoms with E-state index in [1.54, 1.807) is 23.5 Å². The Morgan fingerprint density at radius 2 is 2.09 bits per heavy atom. The average Bonchev–Trinajstić information content (AvgIpc) is 2.94. The average molecular weight is 337 g/mol. The van der Waals surface area contributed by atoms with Crippen LogP contribution < -0.4 is 10.2 Å². The van der Waals surface area contributed by atoms with E-state index in [9.17, 15) is 4.79 Å². The maximum Gasteiger partial charge on any atom is 0.321 e. The van der Waals surface area contributed by atoms with E-state index in [1.165, 1.54) is 0 Å². The fourth-order valence-corrected chi connectivity index (χ4v) is 3.40. The first-order valence-electron chi connectivity index (χ1n) is 7.10.